The topological polar surface area (TPSA) is 129 Å². The summed E-state index contributed by atoms with van der Waals surface area (Å²) >= 11 is 3.04. The van der Waals surface area contributed by atoms with E-state index in [0.29, 0.717) is 44.6 Å². The summed E-state index contributed by atoms with van der Waals surface area (Å²) in [4.78, 5) is 54.4. The Morgan fingerprint density at radius 1 is 0.852 bits per heavy atom. The first kappa shape index (κ1) is 40.8. The second kappa shape index (κ2) is 21.5. The predicted octanol–water partition coefficient (Wildman–Crippen LogP) is 7.15. The number of carbonyl (C=O) groups is 3. The summed E-state index contributed by atoms with van der Waals surface area (Å²) in [5.74, 6) is 0.115. The van der Waals surface area contributed by atoms with Crippen molar-refractivity contribution in [2.45, 2.75) is 102 Å². The van der Waals surface area contributed by atoms with E-state index in [2.05, 4.69) is 51.8 Å². The lowest BCUT2D eigenvalue weighted by atomic mass is 9.95. The van der Waals surface area contributed by atoms with Crippen molar-refractivity contribution in [2.75, 3.05) is 26.7 Å². The van der Waals surface area contributed by atoms with Gasteiger partial charge in [-0.1, -0.05) is 80.9 Å². The van der Waals surface area contributed by atoms with Gasteiger partial charge in [0.25, 0.3) is 0 Å². The van der Waals surface area contributed by atoms with Gasteiger partial charge in [-0.2, -0.15) is 0 Å². The second-order valence-electron chi connectivity index (χ2n) is 14.4. The second-order valence-corrected chi connectivity index (χ2v) is 16.3. The van der Waals surface area contributed by atoms with Crippen LogP contribution in [-0.2, 0) is 35.5 Å². The molecule has 3 atom stereocenters. The molecule has 2 aromatic carbocycles. The van der Waals surface area contributed by atoms with Crippen LogP contribution < -0.4 is 16.0 Å². The summed E-state index contributed by atoms with van der Waals surface area (Å²) < 4.78 is 5.53. The molecular formula is C41H55N7O4S2. The number of hydrogen-bond acceptors (Lipinski definition) is 9. The number of benzene rings is 2. The Balaban J connectivity index is 1.28. The summed E-state index contributed by atoms with van der Waals surface area (Å²) in [5, 5.41) is 12.5. The fraction of sp³-hybridized carbons (Fsp3) is 0.488. The Labute approximate surface area is 327 Å². The van der Waals surface area contributed by atoms with Gasteiger partial charge in [-0.3, -0.25) is 9.78 Å². The monoisotopic (exact) mass is 773 g/mol. The van der Waals surface area contributed by atoms with Crippen LogP contribution in [0, 0.1) is 0 Å². The highest BCUT2D eigenvalue weighted by atomic mass is 32.1. The van der Waals surface area contributed by atoms with Crippen LogP contribution in [0.2, 0.25) is 0 Å². The van der Waals surface area contributed by atoms with Crippen LogP contribution in [0.25, 0.3) is 0 Å². The van der Waals surface area contributed by atoms with Gasteiger partial charge in [0.05, 0.1) is 27.6 Å². The van der Waals surface area contributed by atoms with Crippen LogP contribution >= 0.6 is 22.7 Å². The van der Waals surface area contributed by atoms with Crippen LogP contribution in [0.15, 0.2) is 77.8 Å². The molecule has 1 fully saturated rings. The molecule has 3 unspecified atom stereocenters. The number of hydrogen-bond donors (Lipinski definition) is 3. The zero-order valence-corrected chi connectivity index (χ0v) is 33.4. The minimum absolute atomic E-state index is 0.156. The molecule has 54 heavy (non-hydrogen) atoms. The van der Waals surface area contributed by atoms with Crippen molar-refractivity contribution in [2.24, 2.45) is 0 Å². The third-order valence-electron chi connectivity index (χ3n) is 9.62. The molecule has 0 spiro atoms. The van der Waals surface area contributed by atoms with E-state index in [1.54, 1.807) is 35.0 Å². The fourth-order valence-corrected chi connectivity index (χ4v) is 7.94. The third kappa shape index (κ3) is 13.8. The number of nitrogens with one attached hydrogen (secondary N) is 3. The summed E-state index contributed by atoms with van der Waals surface area (Å²) in [5.41, 5.74) is 4.74. The Bertz CT molecular complexity index is 1700. The minimum Gasteiger partial charge on any atom is -0.444 e. The van der Waals surface area contributed by atoms with Crippen LogP contribution in [-0.4, -0.2) is 82.6 Å². The third-order valence-corrected chi connectivity index (χ3v) is 11.6. The Kier molecular flexibility index (Phi) is 16.3. The van der Waals surface area contributed by atoms with E-state index >= 15 is 0 Å². The Morgan fingerprint density at radius 2 is 1.50 bits per heavy atom. The summed E-state index contributed by atoms with van der Waals surface area (Å²) in [7, 11) is 1.74. The number of nitrogens with zero attached hydrogens (tertiary/aromatic N) is 4. The molecule has 0 saturated carbocycles. The lowest BCUT2D eigenvalue weighted by Gasteiger charge is -2.30. The van der Waals surface area contributed by atoms with Crippen LogP contribution in [0.3, 0.4) is 0 Å². The Morgan fingerprint density at radius 3 is 2.09 bits per heavy atom. The molecule has 5 rings (SSSR count). The van der Waals surface area contributed by atoms with Crippen molar-refractivity contribution in [3.63, 3.8) is 0 Å². The smallest absolute Gasteiger partial charge is 0.407 e. The van der Waals surface area contributed by atoms with Crippen molar-refractivity contribution in [3.05, 3.63) is 104 Å². The van der Waals surface area contributed by atoms with E-state index in [1.807, 2.05) is 53.9 Å². The molecule has 290 valence electrons. The number of thiazole rings is 2. The molecule has 1 saturated heterocycles. The van der Waals surface area contributed by atoms with Gasteiger partial charge in [-0.25, -0.2) is 14.6 Å². The molecule has 0 bridgehead atoms. The fourth-order valence-electron chi connectivity index (χ4n) is 6.61. The SMILES string of the molecule is CC(C)c1nc(CN(C)C(=O)NC(CCN2CCCCC2)C(=O)NC(CCC(Cc2ccccc2)NC(=O)OCc2cncs2)Cc2ccccc2)cs1. The number of amides is 4. The molecule has 1 aliphatic heterocycles. The number of rotatable bonds is 19. The molecule has 3 N–H and O–H groups in total. The first-order valence-corrected chi connectivity index (χ1v) is 20.8. The molecular weight excluding hydrogens is 719 g/mol. The lowest BCUT2D eigenvalue weighted by molar-refractivity contribution is -0.124. The lowest BCUT2D eigenvalue weighted by Crippen LogP contribution is -2.53. The summed E-state index contributed by atoms with van der Waals surface area (Å²) in [6, 6.07) is 18.6. The molecule has 11 nitrogen and oxygen atoms in total. The average Bonchev–Trinajstić information content (AvgIpc) is 3.89. The van der Waals surface area contributed by atoms with Crippen LogP contribution in [0.4, 0.5) is 9.59 Å². The number of urea groups is 1. The standard InChI is InChI=1S/C41H55N7O4S2/c1-30(2)39-44-35(28-53-39)26-47(3)40(50)46-37(19-22-48-20-11-6-12-21-48)38(49)43-33(23-31-13-7-4-8-14-31)17-18-34(24-32-15-9-5-10-16-32)45-41(51)52-27-36-25-42-29-54-36/h4-5,7-10,13-16,25,28-30,33-34,37H,6,11-12,17-24,26-27H2,1-3H3,(H,43,49)(H,45,51)(H,46,50). The molecule has 0 radical (unpaired) electrons. The zero-order chi connectivity index (χ0) is 38.1. The quantitative estimate of drug-likeness (QED) is 0.0924. The number of carbonyl (C=O) groups excluding carboxylic acids is 3. The molecule has 4 amide bonds. The first-order valence-electron chi connectivity index (χ1n) is 19.1. The van der Waals surface area contributed by atoms with Crippen LogP contribution in [0.1, 0.15) is 85.0 Å². The first-order chi connectivity index (χ1) is 26.2. The maximum absolute atomic E-state index is 14.3. The van der Waals surface area contributed by atoms with Gasteiger partial charge in [0.2, 0.25) is 5.91 Å². The number of aromatic nitrogens is 2. The van der Waals surface area contributed by atoms with Gasteiger partial charge >= 0.3 is 12.1 Å². The van der Waals surface area contributed by atoms with Gasteiger partial charge in [0.15, 0.2) is 0 Å². The van der Waals surface area contributed by atoms with E-state index in [9.17, 15) is 14.4 Å². The van der Waals surface area contributed by atoms with Gasteiger partial charge in [0.1, 0.15) is 12.6 Å². The molecule has 1 aliphatic rings. The Hall–Kier alpha value is -4.33. The normalized spacial score (nSPS) is 14.9. The summed E-state index contributed by atoms with van der Waals surface area (Å²) in [6.07, 6.45) is 7.64. The highest BCUT2D eigenvalue weighted by Gasteiger charge is 2.27. The predicted molar refractivity (Wildman–Crippen MR) is 216 cm³/mol. The van der Waals surface area contributed by atoms with Gasteiger partial charge in [0, 0.05) is 43.2 Å². The molecule has 2 aromatic heterocycles. The average molecular weight is 774 g/mol. The van der Waals surface area contributed by atoms with E-state index in [-0.39, 0.29) is 30.6 Å². The maximum Gasteiger partial charge on any atom is 0.407 e. The molecule has 4 aromatic rings. The van der Waals surface area contributed by atoms with E-state index in [0.717, 1.165) is 59.2 Å². The zero-order valence-electron chi connectivity index (χ0n) is 31.7. The van der Waals surface area contributed by atoms with Crippen LogP contribution in [0.5, 0.6) is 0 Å². The van der Waals surface area contributed by atoms with E-state index in [1.165, 1.54) is 17.8 Å². The van der Waals surface area contributed by atoms with Crippen molar-refractivity contribution in [3.8, 4) is 0 Å². The largest absolute Gasteiger partial charge is 0.444 e. The number of ether oxygens (including phenoxy) is 1. The number of likely N-dealkylation sites (tertiary alicyclic amines) is 1. The maximum atomic E-state index is 14.3. The molecule has 0 aliphatic carbocycles. The van der Waals surface area contributed by atoms with Crippen molar-refractivity contribution in [1.29, 1.82) is 0 Å². The van der Waals surface area contributed by atoms with Gasteiger partial charge in [-0.15, -0.1) is 22.7 Å². The van der Waals surface area contributed by atoms with E-state index in [4.69, 9.17) is 9.72 Å². The van der Waals surface area contributed by atoms with Crippen molar-refractivity contribution < 1.29 is 19.1 Å². The number of alkyl carbamates (subject to hydrolysis) is 1. The number of piperidine rings is 1. The highest BCUT2D eigenvalue weighted by molar-refractivity contribution is 7.09. The van der Waals surface area contributed by atoms with E-state index < -0.39 is 12.1 Å². The van der Waals surface area contributed by atoms with Gasteiger partial charge < -0.3 is 30.5 Å². The van der Waals surface area contributed by atoms with Gasteiger partial charge in [-0.05, 0) is 69.2 Å². The molecule has 3 heterocycles. The van der Waals surface area contributed by atoms with Crippen molar-refractivity contribution in [1.82, 2.24) is 35.7 Å². The van der Waals surface area contributed by atoms with Crippen molar-refractivity contribution >= 4 is 40.7 Å². The summed E-state index contributed by atoms with van der Waals surface area (Å²) in [6.45, 7) is 7.46. The minimum atomic E-state index is -0.721. The highest BCUT2D eigenvalue weighted by Crippen LogP contribution is 2.20. The molecule has 13 heteroatoms.